The van der Waals surface area contributed by atoms with E-state index in [1.807, 2.05) is 16.7 Å². The van der Waals surface area contributed by atoms with E-state index in [1.165, 1.54) is 6.07 Å². The Hall–Kier alpha value is -2.44. The zero-order valence-corrected chi connectivity index (χ0v) is 15.0. The van der Waals surface area contributed by atoms with Gasteiger partial charge in [0.15, 0.2) is 5.96 Å². The molecule has 0 saturated carbocycles. The maximum absolute atomic E-state index is 13.7. The minimum atomic E-state index is -0.163. The Morgan fingerprint density at radius 3 is 2.76 bits per heavy atom. The van der Waals surface area contributed by atoms with Gasteiger partial charge in [0.1, 0.15) is 18.0 Å². The summed E-state index contributed by atoms with van der Waals surface area (Å²) in [7, 11) is 0. The standard InChI is InChI=1S/C18H27FN6/c1-3-10-20-18(21-11-9-15-7-5-6-8-16(15)19)22-12-13-25-14-23-24-17(25)4-2/h5-8,14H,3-4,9-13H2,1-2H3,(H2,20,21,22). The van der Waals surface area contributed by atoms with Crippen LogP contribution in [0.15, 0.2) is 35.6 Å². The molecule has 1 aromatic heterocycles. The molecule has 2 aromatic rings. The van der Waals surface area contributed by atoms with Gasteiger partial charge in [-0.2, -0.15) is 0 Å². The van der Waals surface area contributed by atoms with Crippen molar-refractivity contribution in [1.82, 2.24) is 25.4 Å². The van der Waals surface area contributed by atoms with Crippen LogP contribution in [-0.4, -0.2) is 40.4 Å². The Kier molecular flexibility index (Phi) is 7.88. The van der Waals surface area contributed by atoms with Gasteiger partial charge in [0.25, 0.3) is 0 Å². The summed E-state index contributed by atoms with van der Waals surface area (Å²) in [5.74, 6) is 1.56. The van der Waals surface area contributed by atoms with E-state index < -0.39 is 0 Å². The molecular formula is C18H27FN6. The molecule has 0 bridgehead atoms. The van der Waals surface area contributed by atoms with Crippen molar-refractivity contribution in [2.24, 2.45) is 4.99 Å². The van der Waals surface area contributed by atoms with E-state index in [9.17, 15) is 4.39 Å². The highest BCUT2D eigenvalue weighted by molar-refractivity contribution is 5.79. The van der Waals surface area contributed by atoms with Crippen molar-refractivity contribution in [1.29, 1.82) is 0 Å². The maximum atomic E-state index is 13.7. The Morgan fingerprint density at radius 2 is 2.00 bits per heavy atom. The number of benzene rings is 1. The van der Waals surface area contributed by atoms with E-state index in [0.29, 0.717) is 18.5 Å². The van der Waals surface area contributed by atoms with Crippen molar-refractivity contribution in [2.75, 3.05) is 19.6 Å². The number of nitrogens with zero attached hydrogens (tertiary/aromatic N) is 4. The van der Waals surface area contributed by atoms with E-state index in [1.54, 1.807) is 12.4 Å². The summed E-state index contributed by atoms with van der Waals surface area (Å²) >= 11 is 0. The predicted octanol–water partition coefficient (Wildman–Crippen LogP) is 2.17. The molecule has 6 nitrogen and oxygen atoms in total. The van der Waals surface area contributed by atoms with Crippen molar-refractivity contribution in [3.05, 3.63) is 47.8 Å². The molecule has 0 radical (unpaired) electrons. The lowest BCUT2D eigenvalue weighted by Gasteiger charge is -2.13. The fraction of sp³-hybridized carbons (Fsp3) is 0.500. The quantitative estimate of drug-likeness (QED) is 0.539. The Balaban J connectivity index is 1.81. The van der Waals surface area contributed by atoms with Crippen LogP contribution in [0.3, 0.4) is 0 Å². The average molecular weight is 346 g/mol. The number of aryl methyl sites for hydroxylation is 1. The molecule has 0 spiro atoms. The SMILES string of the molecule is CCCN=C(NCCc1ccccc1F)NCCn1cnnc1CC. The van der Waals surface area contributed by atoms with E-state index >= 15 is 0 Å². The van der Waals surface area contributed by atoms with Crippen LogP contribution >= 0.6 is 0 Å². The summed E-state index contributed by atoms with van der Waals surface area (Å²) in [4.78, 5) is 4.52. The van der Waals surface area contributed by atoms with Crippen LogP contribution in [0.4, 0.5) is 4.39 Å². The molecule has 0 aliphatic heterocycles. The summed E-state index contributed by atoms with van der Waals surface area (Å²) in [5, 5.41) is 14.6. The predicted molar refractivity (Wildman–Crippen MR) is 98.1 cm³/mol. The highest BCUT2D eigenvalue weighted by Gasteiger charge is 2.04. The van der Waals surface area contributed by atoms with Crippen LogP contribution < -0.4 is 10.6 Å². The van der Waals surface area contributed by atoms with Gasteiger partial charge in [-0.15, -0.1) is 10.2 Å². The summed E-state index contributed by atoms with van der Waals surface area (Å²) in [6.07, 6.45) is 4.20. The number of rotatable bonds is 9. The maximum Gasteiger partial charge on any atom is 0.191 e. The van der Waals surface area contributed by atoms with Crippen LogP contribution in [0.25, 0.3) is 0 Å². The van der Waals surface area contributed by atoms with Crippen LogP contribution in [0, 0.1) is 5.82 Å². The smallest absolute Gasteiger partial charge is 0.191 e. The second-order valence-corrected chi connectivity index (χ2v) is 5.72. The molecule has 0 unspecified atom stereocenters. The molecule has 1 aromatic carbocycles. The van der Waals surface area contributed by atoms with Crippen LogP contribution in [0.1, 0.15) is 31.7 Å². The largest absolute Gasteiger partial charge is 0.356 e. The number of aliphatic imine (C=N–C) groups is 1. The highest BCUT2D eigenvalue weighted by atomic mass is 19.1. The first-order valence-corrected chi connectivity index (χ1v) is 8.86. The Labute approximate surface area is 148 Å². The molecule has 2 rings (SSSR count). The van der Waals surface area contributed by atoms with Gasteiger partial charge in [-0.3, -0.25) is 4.99 Å². The van der Waals surface area contributed by atoms with E-state index in [4.69, 9.17) is 0 Å². The zero-order valence-electron chi connectivity index (χ0n) is 15.0. The molecule has 1 heterocycles. The number of halogens is 1. The third kappa shape index (κ3) is 6.17. The second kappa shape index (κ2) is 10.4. The lowest BCUT2D eigenvalue weighted by molar-refractivity contribution is 0.605. The number of hydrogen-bond acceptors (Lipinski definition) is 3. The molecule has 0 aliphatic carbocycles. The zero-order chi connectivity index (χ0) is 17.9. The molecule has 2 N–H and O–H groups in total. The molecular weight excluding hydrogens is 319 g/mol. The number of hydrogen-bond donors (Lipinski definition) is 2. The van der Waals surface area contributed by atoms with Gasteiger partial charge in [-0.05, 0) is 24.5 Å². The lowest BCUT2D eigenvalue weighted by atomic mass is 10.1. The van der Waals surface area contributed by atoms with Crippen molar-refractivity contribution in [2.45, 2.75) is 39.7 Å². The Bertz CT molecular complexity index is 667. The van der Waals surface area contributed by atoms with E-state index in [-0.39, 0.29) is 5.82 Å². The molecule has 0 atom stereocenters. The van der Waals surface area contributed by atoms with Crippen LogP contribution in [0.5, 0.6) is 0 Å². The third-order valence-corrected chi connectivity index (χ3v) is 3.80. The highest BCUT2D eigenvalue weighted by Crippen LogP contribution is 2.06. The summed E-state index contributed by atoms with van der Waals surface area (Å²) in [6, 6.07) is 6.86. The summed E-state index contributed by atoms with van der Waals surface area (Å²) < 4.78 is 15.7. The first-order chi connectivity index (χ1) is 12.2. The molecule has 136 valence electrons. The number of nitrogens with one attached hydrogen (secondary N) is 2. The van der Waals surface area contributed by atoms with Gasteiger partial charge < -0.3 is 15.2 Å². The fourth-order valence-corrected chi connectivity index (χ4v) is 2.45. The molecule has 25 heavy (non-hydrogen) atoms. The Morgan fingerprint density at radius 1 is 1.20 bits per heavy atom. The van der Waals surface area contributed by atoms with Gasteiger partial charge >= 0.3 is 0 Å². The molecule has 7 heteroatoms. The van der Waals surface area contributed by atoms with Crippen molar-refractivity contribution < 1.29 is 4.39 Å². The van der Waals surface area contributed by atoms with E-state index in [2.05, 4.69) is 39.7 Å². The van der Waals surface area contributed by atoms with Crippen molar-refractivity contribution in [3.8, 4) is 0 Å². The van der Waals surface area contributed by atoms with Crippen LogP contribution in [-0.2, 0) is 19.4 Å². The molecule has 0 amide bonds. The first kappa shape index (κ1) is 18.9. The van der Waals surface area contributed by atoms with Crippen molar-refractivity contribution >= 4 is 5.96 Å². The van der Waals surface area contributed by atoms with Gasteiger partial charge in [0, 0.05) is 32.6 Å². The number of guanidine groups is 1. The minimum absolute atomic E-state index is 0.163. The van der Waals surface area contributed by atoms with Gasteiger partial charge in [-0.25, -0.2) is 4.39 Å². The fourth-order valence-electron chi connectivity index (χ4n) is 2.45. The minimum Gasteiger partial charge on any atom is -0.356 e. The van der Waals surface area contributed by atoms with Gasteiger partial charge in [0.2, 0.25) is 0 Å². The molecule has 0 fully saturated rings. The third-order valence-electron chi connectivity index (χ3n) is 3.80. The summed E-state index contributed by atoms with van der Waals surface area (Å²) in [6.45, 7) is 7.03. The first-order valence-electron chi connectivity index (χ1n) is 8.86. The molecule has 0 aliphatic rings. The van der Waals surface area contributed by atoms with E-state index in [0.717, 1.165) is 44.3 Å². The normalized spacial score (nSPS) is 11.6. The van der Waals surface area contributed by atoms with Gasteiger partial charge in [-0.1, -0.05) is 32.0 Å². The van der Waals surface area contributed by atoms with Crippen LogP contribution in [0.2, 0.25) is 0 Å². The monoisotopic (exact) mass is 346 g/mol. The van der Waals surface area contributed by atoms with Gasteiger partial charge in [0.05, 0.1) is 0 Å². The molecule has 0 saturated heterocycles. The second-order valence-electron chi connectivity index (χ2n) is 5.72. The number of aromatic nitrogens is 3. The topological polar surface area (TPSA) is 67.1 Å². The average Bonchev–Trinajstić information content (AvgIpc) is 3.08. The van der Waals surface area contributed by atoms with Crippen molar-refractivity contribution in [3.63, 3.8) is 0 Å². The summed E-state index contributed by atoms with van der Waals surface area (Å²) in [5.41, 5.74) is 0.710. The lowest BCUT2D eigenvalue weighted by Crippen LogP contribution is -2.40.